The molecule has 0 saturated heterocycles. The number of nitrogens with zero attached hydrogens (tertiary/aromatic N) is 2. The van der Waals surface area contributed by atoms with Crippen molar-refractivity contribution in [2.24, 2.45) is 0 Å². The van der Waals surface area contributed by atoms with E-state index in [0.29, 0.717) is 16.6 Å². The van der Waals surface area contributed by atoms with E-state index in [9.17, 15) is 4.79 Å². The van der Waals surface area contributed by atoms with E-state index < -0.39 is 0 Å². The summed E-state index contributed by atoms with van der Waals surface area (Å²) in [6, 6.07) is 38.4. The van der Waals surface area contributed by atoms with Gasteiger partial charge in [0.05, 0.1) is 0 Å². The highest BCUT2D eigenvalue weighted by atomic mass is 79.9. The number of nitrogen functional groups attached to an aromatic ring is 1. The van der Waals surface area contributed by atoms with Gasteiger partial charge in [0.2, 0.25) is 0 Å². The van der Waals surface area contributed by atoms with Crippen molar-refractivity contribution in [3.8, 4) is 0 Å². The number of nitrogens with two attached hydrogens (primary N) is 1. The van der Waals surface area contributed by atoms with Crippen LogP contribution in [0, 0.1) is 13.8 Å². The zero-order valence-corrected chi connectivity index (χ0v) is 34.8. The number of hydrogen-bond acceptors (Lipinski definition) is 4. The number of carbonyl (C=O) groups excluding carboxylic acids is 1. The van der Waals surface area contributed by atoms with Crippen LogP contribution in [0.3, 0.4) is 0 Å². The maximum Gasteiger partial charge on any atom is 0.168 e. The summed E-state index contributed by atoms with van der Waals surface area (Å²) in [6.45, 7) is 4.56. The predicted octanol–water partition coefficient (Wildman–Crippen LogP) is 11.5. The highest BCUT2D eigenvalue weighted by molar-refractivity contribution is 9.10. The molecule has 6 aromatic rings. The Hall–Kier alpha value is -4.39. The van der Waals surface area contributed by atoms with Gasteiger partial charge in [0.1, 0.15) is 14.9 Å². The van der Waals surface area contributed by atoms with Crippen molar-refractivity contribution in [2.45, 2.75) is 88.9 Å². The first-order valence-electron chi connectivity index (χ1n) is 19.6. The lowest BCUT2D eigenvalue weighted by Crippen LogP contribution is -2.24. The van der Waals surface area contributed by atoms with Gasteiger partial charge in [0.15, 0.2) is 6.29 Å². The Morgan fingerprint density at radius 2 is 1.04 bits per heavy atom. The van der Waals surface area contributed by atoms with Gasteiger partial charge >= 0.3 is 0 Å². The highest BCUT2D eigenvalue weighted by Crippen LogP contribution is 2.56. The molecule has 0 saturated carbocycles. The average Bonchev–Trinajstić information content (AvgIpc) is 3.97. The zero-order chi connectivity index (χ0) is 38.2. The van der Waals surface area contributed by atoms with Gasteiger partial charge in [-0.3, -0.25) is 4.79 Å². The molecule has 0 unspecified atom stereocenters. The zero-order valence-electron chi connectivity index (χ0n) is 31.7. The van der Waals surface area contributed by atoms with Crippen molar-refractivity contribution in [3.05, 3.63) is 191 Å². The number of rotatable bonds is 4. The molecule has 0 radical (unpaired) electrons. The standard InChI is InChI=1S/C25H24BrN.C18H19N.C6H4BrNO/c1-17-5-2-6-19-13-15-25(23(17)19)16-14-20-8-3-7-18(24(20)25)11-12-21-9-4-10-22(26)27-21;1-12-4-2-5-13-8-10-18(16(12)13)11-9-14-6-3-7-15(19)17(14)18;7-6-3-1-2-5(4-9)8-6/h2-10H,11-16H2,1H3;2-7H,8-11,19H2,1H3;1-4H/t25-;18-;/m11./s1. The van der Waals surface area contributed by atoms with Crippen LogP contribution < -0.4 is 5.73 Å². The minimum atomic E-state index is 0.210. The summed E-state index contributed by atoms with van der Waals surface area (Å²) < 4.78 is 1.61. The van der Waals surface area contributed by atoms with E-state index in [1.165, 1.54) is 84.7 Å². The lowest BCUT2D eigenvalue weighted by atomic mass is 9.73. The van der Waals surface area contributed by atoms with Crippen LogP contribution in [0.15, 0.2) is 118 Å². The average molecular weight is 854 g/mol. The largest absolute Gasteiger partial charge is 0.398 e. The lowest BCUT2D eigenvalue weighted by Gasteiger charge is -2.30. The molecule has 2 spiro atoms. The van der Waals surface area contributed by atoms with Crippen molar-refractivity contribution in [1.29, 1.82) is 0 Å². The number of pyridine rings is 2. The Labute approximate surface area is 342 Å². The third-order valence-electron chi connectivity index (χ3n) is 12.6. The first-order valence-corrected chi connectivity index (χ1v) is 21.2. The summed E-state index contributed by atoms with van der Waals surface area (Å²) in [5, 5.41) is 0. The molecule has 6 heteroatoms. The van der Waals surface area contributed by atoms with Crippen LogP contribution in [0.2, 0.25) is 0 Å². The normalized spacial score (nSPS) is 19.5. The van der Waals surface area contributed by atoms with E-state index in [-0.39, 0.29) is 10.8 Å². The van der Waals surface area contributed by atoms with Crippen LogP contribution in [0.5, 0.6) is 0 Å². The van der Waals surface area contributed by atoms with Gasteiger partial charge < -0.3 is 5.73 Å². The number of aryl methyl sites for hydroxylation is 8. The number of hydrogen-bond donors (Lipinski definition) is 1. The second kappa shape index (κ2) is 15.6. The predicted molar refractivity (Wildman–Crippen MR) is 231 cm³/mol. The minimum absolute atomic E-state index is 0.210. The number of fused-ring (bicyclic) bond motifs is 8. The Morgan fingerprint density at radius 3 is 1.58 bits per heavy atom. The van der Waals surface area contributed by atoms with Gasteiger partial charge in [-0.15, -0.1) is 0 Å². The van der Waals surface area contributed by atoms with Crippen molar-refractivity contribution in [3.63, 3.8) is 0 Å². The van der Waals surface area contributed by atoms with E-state index in [4.69, 9.17) is 5.73 Å². The Bertz CT molecular complexity index is 2340. The van der Waals surface area contributed by atoms with Gasteiger partial charge in [0, 0.05) is 22.2 Å². The van der Waals surface area contributed by atoms with E-state index in [0.717, 1.165) is 28.8 Å². The molecule has 278 valence electrons. The van der Waals surface area contributed by atoms with Crippen LogP contribution in [0.4, 0.5) is 5.69 Å². The monoisotopic (exact) mass is 851 g/mol. The summed E-state index contributed by atoms with van der Waals surface area (Å²) in [6.07, 6.45) is 12.6. The molecule has 0 fully saturated rings. The molecule has 2 heterocycles. The maximum absolute atomic E-state index is 10.1. The molecular weight excluding hydrogens is 806 g/mol. The SMILES string of the molecule is Cc1cccc2c1[C@@]1(CC2)CCc2cccc(CCc3cccc(Br)n3)c21.Cc1cccc2c1[C@@]1(CC2)CCc2cccc(N)c21.O=Cc1cccc(Br)n1. The Morgan fingerprint density at radius 1 is 0.564 bits per heavy atom. The molecule has 4 nitrogen and oxygen atoms in total. The summed E-state index contributed by atoms with van der Waals surface area (Å²) in [7, 11) is 0. The lowest BCUT2D eigenvalue weighted by molar-refractivity contribution is 0.111. The number of benzene rings is 4. The summed E-state index contributed by atoms with van der Waals surface area (Å²) in [5.74, 6) is 0. The fourth-order valence-electron chi connectivity index (χ4n) is 10.6. The van der Waals surface area contributed by atoms with Gasteiger partial charge in [-0.2, -0.15) is 0 Å². The highest BCUT2D eigenvalue weighted by Gasteiger charge is 2.47. The van der Waals surface area contributed by atoms with E-state index in [2.05, 4.69) is 141 Å². The molecule has 10 rings (SSSR count). The minimum Gasteiger partial charge on any atom is -0.398 e. The number of halogens is 2. The molecular formula is C49H47Br2N3O. The molecule has 4 aliphatic carbocycles. The van der Waals surface area contributed by atoms with Crippen LogP contribution in [0.25, 0.3) is 0 Å². The molecule has 55 heavy (non-hydrogen) atoms. The fourth-order valence-corrected chi connectivity index (χ4v) is 11.3. The first kappa shape index (κ1) is 37.5. The van der Waals surface area contributed by atoms with Crippen LogP contribution in [-0.4, -0.2) is 16.3 Å². The van der Waals surface area contributed by atoms with Crippen LogP contribution >= 0.6 is 31.9 Å². The molecule has 0 amide bonds. The summed E-state index contributed by atoms with van der Waals surface area (Å²) in [5.41, 5.74) is 26.3. The number of aromatic nitrogens is 2. The first-order chi connectivity index (χ1) is 26.7. The van der Waals surface area contributed by atoms with Crippen LogP contribution in [0.1, 0.15) is 103 Å². The maximum atomic E-state index is 10.1. The van der Waals surface area contributed by atoms with E-state index in [1.54, 1.807) is 46.0 Å². The molecule has 4 aromatic carbocycles. The summed E-state index contributed by atoms with van der Waals surface area (Å²) in [4.78, 5) is 18.6. The second-order valence-corrected chi connectivity index (χ2v) is 17.3. The van der Waals surface area contributed by atoms with Crippen LogP contribution in [-0.2, 0) is 49.4 Å². The van der Waals surface area contributed by atoms with Crippen molar-refractivity contribution in [1.82, 2.24) is 9.97 Å². The van der Waals surface area contributed by atoms with Crippen molar-refractivity contribution >= 4 is 43.8 Å². The van der Waals surface area contributed by atoms with Crippen molar-refractivity contribution in [2.75, 3.05) is 5.73 Å². The second-order valence-electron chi connectivity index (χ2n) is 15.7. The fraction of sp³-hybridized carbons (Fsp3) is 0.286. The van der Waals surface area contributed by atoms with Gasteiger partial charge in [-0.1, -0.05) is 78.9 Å². The molecule has 0 aliphatic heterocycles. The number of aldehydes is 1. The van der Waals surface area contributed by atoms with Gasteiger partial charge in [-0.05, 0) is 201 Å². The smallest absolute Gasteiger partial charge is 0.168 e. The number of carbonyl (C=O) groups is 1. The van der Waals surface area contributed by atoms with Crippen molar-refractivity contribution < 1.29 is 4.79 Å². The van der Waals surface area contributed by atoms with Gasteiger partial charge in [-0.25, -0.2) is 9.97 Å². The Balaban J connectivity index is 0.000000132. The molecule has 0 bridgehead atoms. The molecule has 2 aromatic heterocycles. The molecule has 2 N–H and O–H groups in total. The summed E-state index contributed by atoms with van der Waals surface area (Å²) >= 11 is 6.63. The molecule has 4 aliphatic rings. The number of anilines is 1. The van der Waals surface area contributed by atoms with E-state index >= 15 is 0 Å². The Kier molecular flexibility index (Phi) is 10.7. The third-order valence-corrected chi connectivity index (χ3v) is 13.5. The quantitative estimate of drug-likeness (QED) is 0.109. The van der Waals surface area contributed by atoms with E-state index in [1.807, 2.05) is 6.07 Å². The third kappa shape index (κ3) is 7.02. The van der Waals surface area contributed by atoms with Gasteiger partial charge in [0.25, 0.3) is 0 Å². The topological polar surface area (TPSA) is 68.9 Å². The molecule has 2 atom stereocenters.